The molecule has 18 heavy (non-hydrogen) atoms. The average molecular weight is 376 g/mol. The second-order valence-corrected chi connectivity index (χ2v) is 5.64. The van der Waals surface area contributed by atoms with Crippen molar-refractivity contribution in [3.05, 3.63) is 28.6 Å². The van der Waals surface area contributed by atoms with Gasteiger partial charge in [0.05, 0.1) is 16.4 Å². The first-order chi connectivity index (χ1) is 8.65. The van der Waals surface area contributed by atoms with E-state index in [0.717, 1.165) is 22.2 Å². The van der Waals surface area contributed by atoms with Gasteiger partial charge in [-0.25, -0.2) is 0 Å². The quantitative estimate of drug-likeness (QED) is 0.745. The molecule has 1 aromatic heterocycles. The van der Waals surface area contributed by atoms with Crippen LogP contribution in [-0.2, 0) is 0 Å². The predicted molar refractivity (Wildman–Crippen MR) is 75.9 cm³/mol. The van der Waals surface area contributed by atoms with Crippen LogP contribution in [0.2, 0.25) is 0 Å². The fourth-order valence-electron chi connectivity index (χ4n) is 1.46. The number of nitrogens with zero attached hydrogens (tertiary/aromatic N) is 2. The van der Waals surface area contributed by atoms with Crippen molar-refractivity contribution in [3.63, 3.8) is 0 Å². The fraction of sp³-hybridized carbons (Fsp3) is 0.333. The first kappa shape index (κ1) is 13.5. The van der Waals surface area contributed by atoms with Gasteiger partial charge in [0.1, 0.15) is 5.75 Å². The molecule has 0 aliphatic heterocycles. The summed E-state index contributed by atoms with van der Waals surface area (Å²) in [5.74, 6) is 1.94. The number of ether oxygens (including phenoxy) is 1. The van der Waals surface area contributed by atoms with Gasteiger partial charge >= 0.3 is 0 Å². The summed E-state index contributed by atoms with van der Waals surface area (Å²) in [4.78, 5) is 4.46. The Morgan fingerprint density at radius 3 is 2.83 bits per heavy atom. The lowest BCUT2D eigenvalue weighted by atomic mass is 10.2. The number of methoxy groups -OCH3 is 1. The van der Waals surface area contributed by atoms with Crippen LogP contribution < -0.4 is 4.74 Å². The van der Waals surface area contributed by atoms with Gasteiger partial charge in [0.25, 0.3) is 0 Å². The van der Waals surface area contributed by atoms with Crippen molar-refractivity contribution in [2.75, 3.05) is 7.11 Å². The van der Waals surface area contributed by atoms with E-state index >= 15 is 0 Å². The highest BCUT2D eigenvalue weighted by atomic mass is 79.9. The number of rotatable bonds is 4. The Morgan fingerprint density at radius 1 is 1.44 bits per heavy atom. The van der Waals surface area contributed by atoms with Crippen molar-refractivity contribution in [1.82, 2.24) is 10.1 Å². The highest BCUT2D eigenvalue weighted by Crippen LogP contribution is 2.31. The maximum atomic E-state index is 5.21. The van der Waals surface area contributed by atoms with E-state index in [-0.39, 0.29) is 4.83 Å². The highest BCUT2D eigenvalue weighted by Gasteiger charge is 2.15. The summed E-state index contributed by atoms with van der Waals surface area (Å²) < 4.78 is 11.3. The third kappa shape index (κ3) is 2.75. The molecule has 0 aliphatic carbocycles. The van der Waals surface area contributed by atoms with E-state index in [1.807, 2.05) is 25.1 Å². The lowest BCUT2D eigenvalue weighted by Gasteiger charge is -2.03. The van der Waals surface area contributed by atoms with Gasteiger partial charge in [-0.1, -0.05) is 28.0 Å². The van der Waals surface area contributed by atoms with Crippen molar-refractivity contribution in [3.8, 4) is 17.1 Å². The van der Waals surface area contributed by atoms with Crippen molar-refractivity contribution in [2.24, 2.45) is 0 Å². The molecule has 0 fully saturated rings. The van der Waals surface area contributed by atoms with Gasteiger partial charge in [0, 0.05) is 5.56 Å². The van der Waals surface area contributed by atoms with Crippen molar-refractivity contribution in [1.29, 1.82) is 0 Å². The molecule has 96 valence electrons. The number of hydrogen-bond donors (Lipinski definition) is 0. The van der Waals surface area contributed by atoms with Crippen LogP contribution in [0, 0.1) is 0 Å². The van der Waals surface area contributed by atoms with E-state index in [0.29, 0.717) is 11.7 Å². The molecule has 0 saturated heterocycles. The Bertz CT molecular complexity index is 543. The Balaban J connectivity index is 2.31. The van der Waals surface area contributed by atoms with Crippen molar-refractivity contribution < 1.29 is 9.26 Å². The minimum atomic E-state index is 0.0976. The minimum Gasteiger partial charge on any atom is -0.496 e. The van der Waals surface area contributed by atoms with Gasteiger partial charge < -0.3 is 9.26 Å². The van der Waals surface area contributed by atoms with Crippen LogP contribution in [0.4, 0.5) is 0 Å². The maximum Gasteiger partial charge on any atom is 0.240 e. The Kier molecular flexibility index (Phi) is 4.40. The molecule has 4 nitrogen and oxygen atoms in total. The monoisotopic (exact) mass is 374 g/mol. The summed E-state index contributed by atoms with van der Waals surface area (Å²) in [7, 11) is 1.63. The van der Waals surface area contributed by atoms with Gasteiger partial charge in [-0.3, -0.25) is 0 Å². The summed E-state index contributed by atoms with van der Waals surface area (Å²) in [5, 5.41) is 3.97. The van der Waals surface area contributed by atoms with E-state index < -0.39 is 0 Å². The van der Waals surface area contributed by atoms with Crippen LogP contribution in [0.5, 0.6) is 5.75 Å². The summed E-state index contributed by atoms with van der Waals surface area (Å²) >= 11 is 6.92. The Morgan fingerprint density at radius 2 is 2.22 bits per heavy atom. The molecule has 1 atom stereocenters. The van der Waals surface area contributed by atoms with Crippen LogP contribution >= 0.6 is 31.9 Å². The van der Waals surface area contributed by atoms with E-state index in [9.17, 15) is 0 Å². The van der Waals surface area contributed by atoms with E-state index in [1.54, 1.807) is 7.11 Å². The third-order valence-corrected chi connectivity index (χ3v) is 4.14. The molecule has 1 unspecified atom stereocenters. The second kappa shape index (κ2) is 5.84. The molecule has 0 saturated carbocycles. The molecule has 1 heterocycles. The van der Waals surface area contributed by atoms with Gasteiger partial charge in [0.15, 0.2) is 0 Å². The largest absolute Gasteiger partial charge is 0.496 e. The molecule has 0 bridgehead atoms. The van der Waals surface area contributed by atoms with Crippen LogP contribution in [-0.4, -0.2) is 17.3 Å². The van der Waals surface area contributed by atoms with E-state index in [4.69, 9.17) is 9.26 Å². The first-order valence-corrected chi connectivity index (χ1v) is 7.18. The molecule has 0 N–H and O–H groups in total. The van der Waals surface area contributed by atoms with Gasteiger partial charge in [-0.15, -0.1) is 0 Å². The molecule has 0 amide bonds. The summed E-state index contributed by atoms with van der Waals surface area (Å²) in [6.45, 7) is 2.05. The van der Waals surface area contributed by atoms with Crippen molar-refractivity contribution in [2.45, 2.75) is 18.2 Å². The maximum absolute atomic E-state index is 5.21. The van der Waals surface area contributed by atoms with E-state index in [2.05, 4.69) is 42.0 Å². The molecular weight excluding hydrogens is 364 g/mol. The number of halogens is 2. The standard InChI is InChI=1S/C12H12Br2N2O2/c1-3-8(13)12-15-11(16-18-12)7-4-5-10(17-2)9(14)6-7/h4-6,8H,3H2,1-2H3. The number of aromatic nitrogens is 2. The van der Waals surface area contributed by atoms with Crippen LogP contribution in [0.25, 0.3) is 11.4 Å². The zero-order valence-corrected chi connectivity index (χ0v) is 13.2. The third-order valence-electron chi connectivity index (χ3n) is 2.48. The SMILES string of the molecule is CCC(Br)c1nc(-c2ccc(OC)c(Br)c2)no1. The summed E-state index contributed by atoms with van der Waals surface area (Å²) in [6.07, 6.45) is 0.897. The first-order valence-electron chi connectivity index (χ1n) is 5.47. The number of hydrogen-bond acceptors (Lipinski definition) is 4. The molecular formula is C12H12Br2N2O2. The number of benzene rings is 1. The van der Waals surface area contributed by atoms with E-state index in [1.165, 1.54) is 0 Å². The lowest BCUT2D eigenvalue weighted by Crippen LogP contribution is -1.88. The van der Waals surface area contributed by atoms with Crippen molar-refractivity contribution >= 4 is 31.9 Å². The molecule has 0 spiro atoms. The molecule has 0 aliphatic rings. The molecule has 1 aromatic carbocycles. The smallest absolute Gasteiger partial charge is 0.240 e. The van der Waals surface area contributed by atoms with Crippen LogP contribution in [0.1, 0.15) is 24.1 Å². The highest BCUT2D eigenvalue weighted by molar-refractivity contribution is 9.10. The molecule has 2 rings (SSSR count). The Labute approximate surface area is 122 Å². The topological polar surface area (TPSA) is 48.2 Å². The molecule has 2 aromatic rings. The van der Waals surface area contributed by atoms with Gasteiger partial charge in [0.2, 0.25) is 11.7 Å². The van der Waals surface area contributed by atoms with Crippen LogP contribution in [0.3, 0.4) is 0 Å². The average Bonchev–Trinajstić information content (AvgIpc) is 2.87. The molecule has 0 radical (unpaired) electrons. The number of alkyl halides is 1. The lowest BCUT2D eigenvalue weighted by molar-refractivity contribution is 0.377. The summed E-state index contributed by atoms with van der Waals surface area (Å²) in [6, 6.07) is 5.66. The van der Waals surface area contributed by atoms with Gasteiger partial charge in [-0.05, 0) is 40.5 Å². The Hall–Kier alpha value is -0.880. The second-order valence-electron chi connectivity index (χ2n) is 3.68. The normalized spacial score (nSPS) is 12.4. The molecule has 6 heteroatoms. The zero-order valence-electron chi connectivity index (χ0n) is 9.98. The van der Waals surface area contributed by atoms with Crippen LogP contribution in [0.15, 0.2) is 27.2 Å². The summed E-state index contributed by atoms with van der Waals surface area (Å²) in [5.41, 5.74) is 0.883. The van der Waals surface area contributed by atoms with Gasteiger partial charge in [-0.2, -0.15) is 4.98 Å². The minimum absolute atomic E-state index is 0.0976. The predicted octanol–water partition coefficient (Wildman–Crippen LogP) is 4.35. The zero-order chi connectivity index (χ0) is 13.1. The fourth-order valence-corrected chi connectivity index (χ4v) is 2.19.